The maximum atomic E-state index is 12.8. The van der Waals surface area contributed by atoms with E-state index in [4.69, 9.17) is 5.11 Å². The lowest BCUT2D eigenvalue weighted by Gasteiger charge is -2.40. The molecule has 1 fully saturated rings. The summed E-state index contributed by atoms with van der Waals surface area (Å²) in [6.07, 6.45) is -4.49. The van der Waals surface area contributed by atoms with E-state index in [-0.39, 0.29) is 13.0 Å². The van der Waals surface area contributed by atoms with Crippen molar-refractivity contribution in [1.29, 1.82) is 0 Å². The van der Waals surface area contributed by atoms with Crippen LogP contribution >= 0.6 is 0 Å². The number of likely N-dealkylation sites (tertiary alicyclic amines) is 1. The van der Waals surface area contributed by atoms with Gasteiger partial charge in [-0.15, -0.1) is 0 Å². The van der Waals surface area contributed by atoms with Gasteiger partial charge in [-0.05, 0) is 18.9 Å². The van der Waals surface area contributed by atoms with Crippen LogP contribution in [-0.2, 0) is 9.59 Å². The van der Waals surface area contributed by atoms with Crippen molar-refractivity contribution >= 4 is 11.9 Å². The number of rotatable bonds is 2. The van der Waals surface area contributed by atoms with Gasteiger partial charge in [0.15, 0.2) is 5.41 Å². The number of carboxylic acid groups (broad SMARTS) is 1. The van der Waals surface area contributed by atoms with Crippen LogP contribution in [0.2, 0.25) is 0 Å². The van der Waals surface area contributed by atoms with E-state index in [0.717, 1.165) is 11.0 Å². The van der Waals surface area contributed by atoms with Gasteiger partial charge in [-0.1, -0.05) is 6.58 Å². The summed E-state index contributed by atoms with van der Waals surface area (Å²) in [5, 5.41) is 8.81. The SMILES string of the molecule is C=CC(=O)N1CCCC(C(=O)O)(C(F)(F)F)C1. The molecule has 1 aliphatic heterocycles. The van der Waals surface area contributed by atoms with Gasteiger partial charge < -0.3 is 10.0 Å². The summed E-state index contributed by atoms with van der Waals surface area (Å²) in [4.78, 5) is 23.0. The minimum atomic E-state index is -4.88. The fraction of sp³-hybridized carbons (Fsp3) is 0.600. The highest BCUT2D eigenvalue weighted by Gasteiger charge is 2.62. The molecule has 4 nitrogen and oxygen atoms in total. The largest absolute Gasteiger partial charge is 0.481 e. The molecule has 1 heterocycles. The van der Waals surface area contributed by atoms with Crippen molar-refractivity contribution in [3.63, 3.8) is 0 Å². The van der Waals surface area contributed by atoms with Crippen LogP contribution in [0.5, 0.6) is 0 Å². The molecular weight excluding hydrogens is 239 g/mol. The Kier molecular flexibility index (Phi) is 3.49. The van der Waals surface area contributed by atoms with Gasteiger partial charge in [-0.3, -0.25) is 9.59 Å². The average molecular weight is 251 g/mol. The molecule has 1 aliphatic rings. The number of nitrogens with zero attached hydrogens (tertiary/aromatic N) is 1. The van der Waals surface area contributed by atoms with E-state index in [1.54, 1.807) is 0 Å². The average Bonchev–Trinajstić information content (AvgIpc) is 2.26. The van der Waals surface area contributed by atoms with E-state index in [0.29, 0.717) is 0 Å². The Morgan fingerprint density at radius 3 is 2.41 bits per heavy atom. The summed E-state index contributed by atoms with van der Waals surface area (Å²) < 4.78 is 38.5. The van der Waals surface area contributed by atoms with Crippen molar-refractivity contribution in [2.24, 2.45) is 5.41 Å². The number of halogens is 3. The second-order valence-corrected chi connectivity index (χ2v) is 3.95. The third-order valence-corrected chi connectivity index (χ3v) is 2.93. The third kappa shape index (κ3) is 2.27. The molecule has 0 aromatic carbocycles. The topological polar surface area (TPSA) is 57.6 Å². The standard InChI is InChI=1S/C10H12F3NO3/c1-2-7(15)14-5-3-4-9(6-14,8(16)17)10(11,12)13/h2H,1,3-6H2,(H,16,17). The van der Waals surface area contributed by atoms with Gasteiger partial charge in [-0.25, -0.2) is 0 Å². The number of carbonyl (C=O) groups excluding carboxylic acids is 1. The Morgan fingerprint density at radius 1 is 1.41 bits per heavy atom. The van der Waals surface area contributed by atoms with Gasteiger partial charge in [0.05, 0.1) is 0 Å². The fourth-order valence-electron chi connectivity index (χ4n) is 1.90. The molecule has 0 radical (unpaired) electrons. The predicted octanol–water partition coefficient (Wildman–Crippen LogP) is 1.43. The van der Waals surface area contributed by atoms with Crippen molar-refractivity contribution in [2.75, 3.05) is 13.1 Å². The predicted molar refractivity (Wildman–Crippen MR) is 52.1 cm³/mol. The van der Waals surface area contributed by atoms with Gasteiger partial charge in [0.2, 0.25) is 5.91 Å². The van der Waals surface area contributed by atoms with Gasteiger partial charge in [0.1, 0.15) is 0 Å². The lowest BCUT2D eigenvalue weighted by atomic mass is 9.79. The summed E-state index contributed by atoms with van der Waals surface area (Å²) in [6.45, 7) is 2.44. The minimum Gasteiger partial charge on any atom is -0.481 e. The fourth-order valence-corrected chi connectivity index (χ4v) is 1.90. The van der Waals surface area contributed by atoms with Gasteiger partial charge >= 0.3 is 12.1 Å². The number of piperidine rings is 1. The molecule has 1 saturated heterocycles. The second-order valence-electron chi connectivity index (χ2n) is 3.95. The molecule has 1 unspecified atom stereocenters. The molecule has 0 spiro atoms. The number of carboxylic acids is 1. The van der Waals surface area contributed by atoms with Crippen LogP contribution in [0.3, 0.4) is 0 Å². The Labute approximate surface area is 95.7 Å². The van der Waals surface area contributed by atoms with Crippen molar-refractivity contribution in [3.05, 3.63) is 12.7 Å². The Hall–Kier alpha value is -1.53. The summed E-state index contributed by atoms with van der Waals surface area (Å²) in [5.41, 5.74) is -2.86. The summed E-state index contributed by atoms with van der Waals surface area (Å²) in [5.74, 6) is -2.62. The molecule has 0 aromatic heterocycles. The normalized spacial score (nSPS) is 25.5. The molecular formula is C10H12F3NO3. The van der Waals surface area contributed by atoms with E-state index in [9.17, 15) is 22.8 Å². The Bertz CT molecular complexity index is 353. The summed E-state index contributed by atoms with van der Waals surface area (Å²) >= 11 is 0. The van der Waals surface area contributed by atoms with E-state index in [2.05, 4.69) is 6.58 Å². The highest BCUT2D eigenvalue weighted by Crippen LogP contribution is 2.45. The van der Waals surface area contributed by atoms with Crippen molar-refractivity contribution in [2.45, 2.75) is 19.0 Å². The third-order valence-electron chi connectivity index (χ3n) is 2.93. The number of carbonyl (C=O) groups is 2. The van der Waals surface area contributed by atoms with Crippen LogP contribution in [-0.4, -0.2) is 41.1 Å². The summed E-state index contributed by atoms with van der Waals surface area (Å²) in [6, 6.07) is 0. The quantitative estimate of drug-likeness (QED) is 0.755. The van der Waals surface area contributed by atoms with Gasteiger partial charge in [0, 0.05) is 13.1 Å². The molecule has 0 saturated carbocycles. The van der Waals surface area contributed by atoms with Crippen molar-refractivity contribution in [3.8, 4) is 0 Å². The number of hydrogen-bond acceptors (Lipinski definition) is 2. The first-order valence-electron chi connectivity index (χ1n) is 4.96. The highest BCUT2D eigenvalue weighted by molar-refractivity contribution is 5.88. The van der Waals surface area contributed by atoms with Crippen molar-refractivity contribution in [1.82, 2.24) is 4.90 Å². The van der Waals surface area contributed by atoms with E-state index in [1.807, 2.05) is 0 Å². The van der Waals surface area contributed by atoms with Gasteiger partial charge in [0.25, 0.3) is 0 Å². The highest BCUT2D eigenvalue weighted by atomic mass is 19.4. The lowest BCUT2D eigenvalue weighted by molar-refractivity contribution is -0.242. The Balaban J connectivity index is 3.04. The molecule has 1 amide bonds. The molecule has 1 rings (SSSR count). The van der Waals surface area contributed by atoms with Crippen LogP contribution in [0.25, 0.3) is 0 Å². The zero-order chi connectivity index (χ0) is 13.3. The maximum absolute atomic E-state index is 12.8. The first kappa shape index (κ1) is 13.5. The van der Waals surface area contributed by atoms with Crippen LogP contribution in [0.15, 0.2) is 12.7 Å². The number of aliphatic carboxylic acids is 1. The molecule has 1 N–H and O–H groups in total. The summed E-state index contributed by atoms with van der Waals surface area (Å²) in [7, 11) is 0. The first-order valence-corrected chi connectivity index (χ1v) is 4.96. The molecule has 0 aromatic rings. The molecule has 96 valence electrons. The number of hydrogen-bond donors (Lipinski definition) is 1. The van der Waals surface area contributed by atoms with E-state index in [1.165, 1.54) is 0 Å². The van der Waals surface area contributed by atoms with Crippen molar-refractivity contribution < 1.29 is 27.9 Å². The van der Waals surface area contributed by atoms with E-state index < -0.39 is 36.4 Å². The lowest BCUT2D eigenvalue weighted by Crippen LogP contribution is -2.56. The van der Waals surface area contributed by atoms with Crippen LogP contribution < -0.4 is 0 Å². The van der Waals surface area contributed by atoms with Crippen LogP contribution in [0.1, 0.15) is 12.8 Å². The smallest absolute Gasteiger partial charge is 0.406 e. The molecule has 0 aliphatic carbocycles. The minimum absolute atomic E-state index is 0.00535. The van der Waals surface area contributed by atoms with E-state index >= 15 is 0 Å². The van der Waals surface area contributed by atoms with Crippen LogP contribution in [0.4, 0.5) is 13.2 Å². The van der Waals surface area contributed by atoms with Crippen LogP contribution in [0, 0.1) is 5.41 Å². The molecule has 1 atom stereocenters. The first-order chi connectivity index (χ1) is 7.74. The molecule has 7 heteroatoms. The van der Waals surface area contributed by atoms with Gasteiger partial charge in [-0.2, -0.15) is 13.2 Å². The number of alkyl halides is 3. The maximum Gasteiger partial charge on any atom is 0.406 e. The Morgan fingerprint density at radius 2 is 2.00 bits per heavy atom. The second kappa shape index (κ2) is 4.38. The molecule has 17 heavy (non-hydrogen) atoms. The number of amides is 1. The molecule has 0 bridgehead atoms. The zero-order valence-electron chi connectivity index (χ0n) is 8.96. The monoisotopic (exact) mass is 251 g/mol. The zero-order valence-corrected chi connectivity index (χ0v) is 8.96.